The Morgan fingerprint density at radius 2 is 1.68 bits per heavy atom. The Kier molecular flexibility index (Phi) is 6.88. The SMILES string of the molecule is CCOc1ccc(N=C(SCc2ccc3ccccc3c2)c2c(O)n(C)c(=O)n(C)c2=O)cc1. The van der Waals surface area contributed by atoms with Gasteiger partial charge in [-0.1, -0.05) is 42.5 Å². The molecule has 0 aliphatic rings. The summed E-state index contributed by atoms with van der Waals surface area (Å²) in [6, 6.07) is 21.4. The fourth-order valence-corrected chi connectivity index (χ4v) is 4.54. The molecule has 0 saturated heterocycles. The molecular formula is C26H25N3O4S. The molecule has 174 valence electrons. The minimum atomic E-state index is -0.605. The van der Waals surface area contributed by atoms with Gasteiger partial charge in [0.15, 0.2) is 0 Å². The van der Waals surface area contributed by atoms with Crippen molar-refractivity contribution in [1.82, 2.24) is 9.13 Å². The van der Waals surface area contributed by atoms with Crippen LogP contribution in [0.5, 0.6) is 11.6 Å². The molecule has 1 aromatic heterocycles. The molecule has 0 atom stereocenters. The highest BCUT2D eigenvalue weighted by Gasteiger charge is 2.21. The predicted octanol–water partition coefficient (Wildman–Crippen LogP) is 4.35. The van der Waals surface area contributed by atoms with Crippen molar-refractivity contribution in [2.24, 2.45) is 19.1 Å². The van der Waals surface area contributed by atoms with Gasteiger partial charge in [-0.3, -0.25) is 13.9 Å². The largest absolute Gasteiger partial charge is 0.494 e. The Bertz CT molecular complexity index is 1490. The number of hydrogen-bond acceptors (Lipinski definition) is 6. The number of aromatic hydroxyl groups is 1. The molecule has 34 heavy (non-hydrogen) atoms. The fraction of sp³-hybridized carbons (Fsp3) is 0.192. The number of nitrogens with zero attached hydrogens (tertiary/aromatic N) is 3. The second kappa shape index (κ2) is 10.0. The summed E-state index contributed by atoms with van der Waals surface area (Å²) in [5, 5.41) is 13.3. The Hall–Kier alpha value is -3.78. The molecule has 1 heterocycles. The summed E-state index contributed by atoms with van der Waals surface area (Å²) in [6.07, 6.45) is 0. The molecule has 0 fully saturated rings. The average Bonchev–Trinajstić information content (AvgIpc) is 2.86. The van der Waals surface area contributed by atoms with E-state index >= 15 is 0 Å². The van der Waals surface area contributed by atoms with Crippen LogP contribution < -0.4 is 16.0 Å². The van der Waals surface area contributed by atoms with Crippen LogP contribution in [0.15, 0.2) is 81.3 Å². The number of aromatic nitrogens is 2. The van der Waals surface area contributed by atoms with Crippen molar-refractivity contribution in [1.29, 1.82) is 0 Å². The number of aliphatic imine (C=N–C) groups is 1. The Balaban J connectivity index is 1.76. The van der Waals surface area contributed by atoms with E-state index in [9.17, 15) is 14.7 Å². The van der Waals surface area contributed by atoms with E-state index in [1.807, 2.05) is 31.2 Å². The van der Waals surface area contributed by atoms with Crippen molar-refractivity contribution < 1.29 is 9.84 Å². The molecule has 0 aliphatic carbocycles. The van der Waals surface area contributed by atoms with E-state index in [-0.39, 0.29) is 5.56 Å². The van der Waals surface area contributed by atoms with E-state index in [1.165, 1.54) is 25.9 Å². The van der Waals surface area contributed by atoms with Gasteiger partial charge in [-0.25, -0.2) is 9.79 Å². The van der Waals surface area contributed by atoms with Gasteiger partial charge < -0.3 is 9.84 Å². The molecule has 4 rings (SSSR count). The van der Waals surface area contributed by atoms with Gasteiger partial charge in [0.05, 0.1) is 12.3 Å². The van der Waals surface area contributed by atoms with Crippen molar-refractivity contribution in [3.63, 3.8) is 0 Å². The smallest absolute Gasteiger partial charge is 0.333 e. The maximum atomic E-state index is 13.0. The summed E-state index contributed by atoms with van der Waals surface area (Å²) in [6.45, 7) is 2.46. The average molecular weight is 476 g/mol. The molecular weight excluding hydrogens is 450 g/mol. The zero-order valence-corrected chi connectivity index (χ0v) is 20.0. The van der Waals surface area contributed by atoms with Crippen LogP contribution in [-0.4, -0.2) is 25.9 Å². The topological polar surface area (TPSA) is 85.8 Å². The summed E-state index contributed by atoms with van der Waals surface area (Å²) in [7, 11) is 2.80. The third-order valence-electron chi connectivity index (χ3n) is 5.42. The molecule has 3 aromatic carbocycles. The van der Waals surface area contributed by atoms with Crippen LogP contribution in [0.3, 0.4) is 0 Å². The lowest BCUT2D eigenvalue weighted by atomic mass is 10.1. The van der Waals surface area contributed by atoms with Crippen molar-refractivity contribution in [3.05, 3.63) is 98.7 Å². The molecule has 1 N–H and O–H groups in total. The maximum Gasteiger partial charge on any atom is 0.333 e. The highest BCUT2D eigenvalue weighted by atomic mass is 32.2. The second-order valence-electron chi connectivity index (χ2n) is 7.72. The summed E-state index contributed by atoms with van der Waals surface area (Å²) in [4.78, 5) is 29.9. The van der Waals surface area contributed by atoms with E-state index in [0.29, 0.717) is 28.8 Å². The van der Waals surface area contributed by atoms with Crippen LogP contribution in [0.2, 0.25) is 0 Å². The first-order valence-electron chi connectivity index (χ1n) is 10.8. The van der Waals surface area contributed by atoms with E-state index in [2.05, 4.69) is 23.2 Å². The van der Waals surface area contributed by atoms with E-state index in [1.54, 1.807) is 24.3 Å². The van der Waals surface area contributed by atoms with Gasteiger partial charge >= 0.3 is 5.69 Å². The summed E-state index contributed by atoms with van der Waals surface area (Å²) in [5.41, 5.74) is 0.427. The predicted molar refractivity (Wildman–Crippen MR) is 138 cm³/mol. The minimum Gasteiger partial charge on any atom is -0.494 e. The van der Waals surface area contributed by atoms with Crippen LogP contribution in [-0.2, 0) is 19.8 Å². The number of rotatable bonds is 6. The number of thioether (sulfide) groups is 1. The maximum absolute atomic E-state index is 13.0. The van der Waals surface area contributed by atoms with Crippen LogP contribution >= 0.6 is 11.8 Å². The van der Waals surface area contributed by atoms with Gasteiger partial charge in [-0.05, 0) is 47.5 Å². The Morgan fingerprint density at radius 3 is 2.38 bits per heavy atom. The van der Waals surface area contributed by atoms with Gasteiger partial charge in [0.25, 0.3) is 5.56 Å². The monoisotopic (exact) mass is 475 g/mol. The van der Waals surface area contributed by atoms with Crippen LogP contribution in [0.4, 0.5) is 5.69 Å². The molecule has 0 aliphatic heterocycles. The van der Waals surface area contributed by atoms with Crippen molar-refractivity contribution >= 4 is 33.3 Å². The van der Waals surface area contributed by atoms with E-state index < -0.39 is 17.1 Å². The molecule has 8 heteroatoms. The lowest BCUT2D eigenvalue weighted by Crippen LogP contribution is -2.39. The molecule has 4 aromatic rings. The standard InChI is InChI=1S/C26H25N3O4S/c1-4-33-21-13-11-20(12-14-21)27-23(22-24(30)28(2)26(32)29(3)25(22)31)34-16-17-9-10-18-7-5-6-8-19(18)15-17/h5-15,30H,4,16H2,1-3H3. The first-order valence-corrected chi connectivity index (χ1v) is 11.8. The fourth-order valence-electron chi connectivity index (χ4n) is 3.56. The molecule has 0 amide bonds. The molecule has 0 bridgehead atoms. The van der Waals surface area contributed by atoms with Crippen LogP contribution in [0, 0.1) is 0 Å². The molecule has 0 unspecified atom stereocenters. The van der Waals surface area contributed by atoms with E-state index in [0.717, 1.165) is 25.5 Å². The van der Waals surface area contributed by atoms with Gasteiger partial charge in [0.1, 0.15) is 16.4 Å². The second-order valence-corrected chi connectivity index (χ2v) is 8.68. The molecule has 0 radical (unpaired) electrons. The Labute approximate surface area is 201 Å². The van der Waals surface area contributed by atoms with Gasteiger partial charge in [0, 0.05) is 19.8 Å². The normalized spacial score (nSPS) is 11.7. The van der Waals surface area contributed by atoms with Crippen molar-refractivity contribution in [2.75, 3.05) is 6.61 Å². The van der Waals surface area contributed by atoms with Crippen LogP contribution in [0.1, 0.15) is 18.1 Å². The number of hydrogen-bond donors (Lipinski definition) is 1. The van der Waals surface area contributed by atoms with Crippen LogP contribution in [0.25, 0.3) is 10.8 Å². The number of fused-ring (bicyclic) bond motifs is 1. The third kappa shape index (κ3) is 4.77. The lowest BCUT2D eigenvalue weighted by molar-refractivity contribution is 0.340. The van der Waals surface area contributed by atoms with Gasteiger partial charge in [0.2, 0.25) is 5.88 Å². The quantitative estimate of drug-likeness (QED) is 0.331. The molecule has 7 nitrogen and oxygen atoms in total. The molecule has 0 spiro atoms. The zero-order chi connectivity index (χ0) is 24.2. The number of benzene rings is 3. The summed E-state index contributed by atoms with van der Waals surface area (Å²) < 4.78 is 7.50. The zero-order valence-electron chi connectivity index (χ0n) is 19.2. The molecule has 0 saturated carbocycles. The third-order valence-corrected chi connectivity index (χ3v) is 6.46. The van der Waals surface area contributed by atoms with Crippen molar-refractivity contribution in [2.45, 2.75) is 12.7 Å². The summed E-state index contributed by atoms with van der Waals surface area (Å²) in [5.74, 6) is 0.822. The Morgan fingerprint density at radius 1 is 0.971 bits per heavy atom. The van der Waals surface area contributed by atoms with Crippen molar-refractivity contribution in [3.8, 4) is 11.6 Å². The lowest BCUT2D eigenvalue weighted by Gasteiger charge is -2.13. The van der Waals surface area contributed by atoms with Gasteiger partial charge in [-0.15, -0.1) is 11.8 Å². The van der Waals surface area contributed by atoms with Gasteiger partial charge in [-0.2, -0.15) is 0 Å². The first-order chi connectivity index (χ1) is 16.4. The first kappa shape index (κ1) is 23.4. The number of ether oxygens (including phenoxy) is 1. The van der Waals surface area contributed by atoms with E-state index in [4.69, 9.17) is 4.74 Å². The highest BCUT2D eigenvalue weighted by Crippen LogP contribution is 2.27. The minimum absolute atomic E-state index is 0.00993. The highest BCUT2D eigenvalue weighted by molar-refractivity contribution is 8.13. The summed E-state index contributed by atoms with van der Waals surface area (Å²) >= 11 is 1.33.